The number of carbonyl (C=O) groups is 3. The predicted octanol–water partition coefficient (Wildman–Crippen LogP) is 4.42. The van der Waals surface area contributed by atoms with Crippen LogP contribution in [0, 0.1) is 0 Å². The molecule has 0 fully saturated rings. The predicted molar refractivity (Wildman–Crippen MR) is 129 cm³/mol. The molecular weight excluding hydrogens is 478 g/mol. The SMILES string of the molecule is NC(=O)COC(=O)c1cncc2c(COc3cccc(NC(=O)c4ccccc4Cl)c3)csc12. The molecule has 4 aromatic rings. The van der Waals surface area contributed by atoms with Crippen molar-refractivity contribution in [2.75, 3.05) is 11.9 Å². The summed E-state index contributed by atoms with van der Waals surface area (Å²) in [5.41, 5.74) is 7.03. The number of nitrogens with two attached hydrogens (primary N) is 1. The molecule has 4 rings (SSSR count). The maximum absolute atomic E-state index is 12.5. The largest absolute Gasteiger partial charge is 0.489 e. The molecule has 0 aliphatic rings. The third-order valence-electron chi connectivity index (χ3n) is 4.73. The molecule has 10 heteroatoms. The number of aromatic nitrogens is 1. The van der Waals surface area contributed by atoms with Gasteiger partial charge < -0.3 is 20.5 Å². The van der Waals surface area contributed by atoms with Crippen molar-refractivity contribution in [1.82, 2.24) is 4.98 Å². The summed E-state index contributed by atoms with van der Waals surface area (Å²) in [6, 6.07) is 13.8. The fraction of sp³-hybridized carbons (Fsp3) is 0.0833. The minimum absolute atomic E-state index is 0.212. The second kappa shape index (κ2) is 10.3. The number of nitrogens with zero attached hydrogens (tertiary/aromatic N) is 1. The van der Waals surface area contributed by atoms with Gasteiger partial charge in [0.25, 0.3) is 11.8 Å². The molecule has 8 nitrogen and oxygen atoms in total. The molecule has 0 aliphatic heterocycles. The highest BCUT2D eigenvalue weighted by Gasteiger charge is 2.17. The van der Waals surface area contributed by atoms with E-state index in [9.17, 15) is 14.4 Å². The zero-order chi connectivity index (χ0) is 24.1. The van der Waals surface area contributed by atoms with Gasteiger partial charge in [-0.3, -0.25) is 14.6 Å². The van der Waals surface area contributed by atoms with Crippen LogP contribution in [0.5, 0.6) is 5.75 Å². The van der Waals surface area contributed by atoms with Crippen LogP contribution >= 0.6 is 22.9 Å². The first-order chi connectivity index (χ1) is 16.4. The maximum atomic E-state index is 12.5. The van der Waals surface area contributed by atoms with Crippen molar-refractivity contribution in [1.29, 1.82) is 0 Å². The number of amides is 2. The molecule has 0 spiro atoms. The third kappa shape index (κ3) is 5.33. The third-order valence-corrected chi connectivity index (χ3v) is 6.14. The zero-order valence-electron chi connectivity index (χ0n) is 17.6. The average molecular weight is 496 g/mol. The van der Waals surface area contributed by atoms with Crippen LogP contribution < -0.4 is 15.8 Å². The number of thiophene rings is 1. The van der Waals surface area contributed by atoms with Crippen molar-refractivity contribution in [3.8, 4) is 5.75 Å². The molecule has 2 amide bonds. The number of anilines is 1. The van der Waals surface area contributed by atoms with Gasteiger partial charge in [-0.25, -0.2) is 4.79 Å². The van der Waals surface area contributed by atoms with Gasteiger partial charge in [-0.05, 0) is 29.6 Å². The van der Waals surface area contributed by atoms with Crippen molar-refractivity contribution in [3.05, 3.63) is 88.0 Å². The van der Waals surface area contributed by atoms with E-state index >= 15 is 0 Å². The molecule has 3 N–H and O–H groups in total. The zero-order valence-corrected chi connectivity index (χ0v) is 19.2. The molecule has 0 bridgehead atoms. The molecule has 0 aliphatic carbocycles. The van der Waals surface area contributed by atoms with E-state index in [4.69, 9.17) is 26.8 Å². The highest BCUT2D eigenvalue weighted by molar-refractivity contribution is 7.17. The molecule has 2 heterocycles. The van der Waals surface area contributed by atoms with Crippen LogP contribution in [0.4, 0.5) is 5.69 Å². The van der Waals surface area contributed by atoms with E-state index in [0.717, 1.165) is 10.9 Å². The number of primary amides is 1. The summed E-state index contributed by atoms with van der Waals surface area (Å²) >= 11 is 7.44. The lowest BCUT2D eigenvalue weighted by molar-refractivity contribution is -0.121. The van der Waals surface area contributed by atoms with Gasteiger partial charge in [-0.2, -0.15) is 0 Å². The minimum Gasteiger partial charge on any atom is -0.489 e. The van der Waals surface area contributed by atoms with Gasteiger partial charge in [0, 0.05) is 35.1 Å². The molecule has 0 saturated carbocycles. The Morgan fingerprint density at radius 2 is 1.88 bits per heavy atom. The number of esters is 1. The first-order valence-corrected chi connectivity index (χ1v) is 11.3. The van der Waals surface area contributed by atoms with Crippen LogP contribution in [0.2, 0.25) is 5.02 Å². The summed E-state index contributed by atoms with van der Waals surface area (Å²) in [6.45, 7) is -0.288. The van der Waals surface area contributed by atoms with E-state index in [1.807, 2.05) is 5.38 Å². The summed E-state index contributed by atoms with van der Waals surface area (Å²) in [5.74, 6) is -1.19. The molecule has 2 aromatic carbocycles. The second-order valence-electron chi connectivity index (χ2n) is 7.12. The van der Waals surface area contributed by atoms with Crippen molar-refractivity contribution < 1.29 is 23.9 Å². The lowest BCUT2D eigenvalue weighted by atomic mass is 10.2. The van der Waals surface area contributed by atoms with Crippen LogP contribution in [0.1, 0.15) is 26.3 Å². The molecule has 172 valence electrons. The smallest absolute Gasteiger partial charge is 0.341 e. The number of carbonyl (C=O) groups excluding carboxylic acids is 3. The van der Waals surface area contributed by atoms with E-state index in [2.05, 4.69) is 10.3 Å². The summed E-state index contributed by atoms with van der Waals surface area (Å²) in [6.07, 6.45) is 3.02. The van der Waals surface area contributed by atoms with Gasteiger partial charge in [0.05, 0.1) is 20.8 Å². The highest BCUT2D eigenvalue weighted by atomic mass is 35.5. The Hall–Kier alpha value is -3.95. The Kier molecular flexibility index (Phi) is 7.05. The summed E-state index contributed by atoms with van der Waals surface area (Å²) in [4.78, 5) is 39.8. The first kappa shape index (κ1) is 23.2. The van der Waals surface area contributed by atoms with Gasteiger partial charge in [0.2, 0.25) is 0 Å². The van der Waals surface area contributed by atoms with E-state index in [1.165, 1.54) is 17.5 Å². The van der Waals surface area contributed by atoms with Crippen molar-refractivity contribution in [3.63, 3.8) is 0 Å². The fourth-order valence-corrected chi connectivity index (χ4v) is 4.39. The number of benzene rings is 2. The number of nitrogens with one attached hydrogen (secondary N) is 1. The number of hydrogen-bond donors (Lipinski definition) is 2. The Morgan fingerprint density at radius 3 is 2.68 bits per heavy atom. The van der Waals surface area contributed by atoms with Crippen LogP contribution in [0.15, 0.2) is 66.3 Å². The molecule has 34 heavy (non-hydrogen) atoms. The van der Waals surface area contributed by atoms with Crippen LogP contribution in [-0.2, 0) is 16.1 Å². The summed E-state index contributed by atoms with van der Waals surface area (Å²) < 4.78 is 11.5. The molecule has 0 saturated heterocycles. The van der Waals surface area contributed by atoms with Crippen LogP contribution in [-0.4, -0.2) is 29.4 Å². The maximum Gasteiger partial charge on any atom is 0.341 e. The lowest BCUT2D eigenvalue weighted by Crippen LogP contribution is -2.21. The van der Waals surface area contributed by atoms with Crippen molar-refractivity contribution in [2.24, 2.45) is 5.73 Å². The number of fused-ring (bicyclic) bond motifs is 1. The molecular formula is C24H18ClN3O5S. The fourth-order valence-electron chi connectivity index (χ4n) is 3.14. The molecule has 0 unspecified atom stereocenters. The Morgan fingerprint density at radius 1 is 1.06 bits per heavy atom. The number of rotatable bonds is 8. The number of pyridine rings is 1. The molecule has 0 atom stereocenters. The van der Waals surface area contributed by atoms with Gasteiger partial charge in [-0.1, -0.05) is 29.8 Å². The van der Waals surface area contributed by atoms with Gasteiger partial charge in [0.1, 0.15) is 12.4 Å². The monoisotopic (exact) mass is 495 g/mol. The topological polar surface area (TPSA) is 121 Å². The van der Waals surface area contributed by atoms with Gasteiger partial charge in [-0.15, -0.1) is 11.3 Å². The van der Waals surface area contributed by atoms with Crippen molar-refractivity contribution in [2.45, 2.75) is 6.61 Å². The molecule has 0 radical (unpaired) electrons. The quantitative estimate of drug-likeness (QED) is 0.349. The standard InChI is InChI=1S/C24H18ClN3O5S/c25-20-7-2-1-6-17(20)23(30)28-15-4-3-5-16(8-15)32-11-14-13-34-22-18(14)9-27-10-19(22)24(31)33-12-21(26)29/h1-10,13H,11-12H2,(H2,26,29)(H,28,30). The average Bonchev–Trinajstić information content (AvgIpc) is 3.25. The van der Waals surface area contributed by atoms with E-state index in [0.29, 0.717) is 26.7 Å². The first-order valence-electron chi connectivity index (χ1n) is 10.0. The van der Waals surface area contributed by atoms with Crippen molar-refractivity contribution >= 4 is 56.5 Å². The Labute approximate surface area is 203 Å². The Balaban J connectivity index is 1.46. The van der Waals surface area contributed by atoms with E-state index < -0.39 is 18.5 Å². The van der Waals surface area contributed by atoms with Crippen LogP contribution in [0.25, 0.3) is 10.1 Å². The normalized spacial score (nSPS) is 10.6. The Bertz CT molecular complexity index is 1390. The lowest BCUT2D eigenvalue weighted by Gasteiger charge is -2.10. The van der Waals surface area contributed by atoms with E-state index in [1.54, 1.807) is 54.7 Å². The summed E-state index contributed by atoms with van der Waals surface area (Å²) in [7, 11) is 0. The van der Waals surface area contributed by atoms with Gasteiger partial charge >= 0.3 is 5.97 Å². The number of ether oxygens (including phenoxy) is 2. The number of halogens is 1. The van der Waals surface area contributed by atoms with Crippen LogP contribution in [0.3, 0.4) is 0 Å². The van der Waals surface area contributed by atoms with Gasteiger partial charge in [0.15, 0.2) is 6.61 Å². The highest BCUT2D eigenvalue weighted by Crippen LogP contribution is 2.30. The summed E-state index contributed by atoms with van der Waals surface area (Å²) in [5, 5.41) is 5.77. The minimum atomic E-state index is -0.737. The second-order valence-corrected chi connectivity index (χ2v) is 8.40. The van der Waals surface area contributed by atoms with E-state index in [-0.39, 0.29) is 18.1 Å². The molecule has 2 aromatic heterocycles. The number of hydrogen-bond acceptors (Lipinski definition) is 7.